The number of para-hydroxylation sites is 1. The van der Waals surface area contributed by atoms with Crippen LogP contribution < -0.4 is 14.8 Å². The maximum absolute atomic E-state index is 13.1. The van der Waals surface area contributed by atoms with Crippen LogP contribution in [0.4, 0.5) is 10.2 Å². The van der Waals surface area contributed by atoms with Gasteiger partial charge in [-0.05, 0) is 53.9 Å². The van der Waals surface area contributed by atoms with E-state index in [0.717, 1.165) is 40.0 Å². The zero-order valence-electron chi connectivity index (χ0n) is 18.0. The molecule has 0 fully saturated rings. The van der Waals surface area contributed by atoms with Gasteiger partial charge in [-0.25, -0.2) is 14.4 Å². The van der Waals surface area contributed by atoms with Crippen LogP contribution in [0.3, 0.4) is 0 Å². The van der Waals surface area contributed by atoms with Crippen LogP contribution in [-0.2, 0) is 12.2 Å². The molecule has 0 saturated heterocycles. The van der Waals surface area contributed by atoms with Crippen molar-refractivity contribution in [2.45, 2.75) is 17.3 Å². The Hall–Kier alpha value is -3.32. The van der Waals surface area contributed by atoms with Crippen molar-refractivity contribution >= 4 is 28.5 Å². The van der Waals surface area contributed by atoms with Gasteiger partial charge in [0.2, 0.25) is 0 Å². The normalized spacial score (nSPS) is 10.8. The van der Waals surface area contributed by atoms with Crippen molar-refractivity contribution in [2.75, 3.05) is 26.1 Å². The van der Waals surface area contributed by atoms with Crippen LogP contribution in [-0.4, -0.2) is 30.7 Å². The van der Waals surface area contributed by atoms with Crippen molar-refractivity contribution in [1.82, 2.24) is 9.97 Å². The molecule has 1 heterocycles. The van der Waals surface area contributed by atoms with Crippen molar-refractivity contribution < 1.29 is 13.9 Å². The Morgan fingerprint density at radius 2 is 1.62 bits per heavy atom. The summed E-state index contributed by atoms with van der Waals surface area (Å²) in [7, 11) is 3.27. The Morgan fingerprint density at radius 1 is 0.875 bits per heavy atom. The van der Waals surface area contributed by atoms with Crippen LogP contribution >= 0.6 is 11.8 Å². The molecule has 0 aliphatic carbocycles. The van der Waals surface area contributed by atoms with Crippen molar-refractivity contribution in [1.29, 1.82) is 0 Å². The predicted octanol–water partition coefficient (Wildman–Crippen LogP) is 5.73. The number of halogens is 1. The monoisotopic (exact) mass is 449 g/mol. The first kappa shape index (κ1) is 21.9. The first-order valence-corrected chi connectivity index (χ1v) is 11.2. The lowest BCUT2D eigenvalue weighted by Gasteiger charge is -2.12. The minimum absolute atomic E-state index is 0.235. The van der Waals surface area contributed by atoms with Gasteiger partial charge in [0.1, 0.15) is 11.6 Å². The van der Waals surface area contributed by atoms with E-state index in [0.29, 0.717) is 23.2 Å². The van der Waals surface area contributed by atoms with Crippen LogP contribution in [0, 0.1) is 5.82 Å². The van der Waals surface area contributed by atoms with Gasteiger partial charge in [-0.1, -0.05) is 42.1 Å². The summed E-state index contributed by atoms with van der Waals surface area (Å²) >= 11 is 1.53. The molecule has 4 aromatic rings. The minimum Gasteiger partial charge on any atom is -0.493 e. The van der Waals surface area contributed by atoms with Gasteiger partial charge in [0.25, 0.3) is 0 Å². The summed E-state index contributed by atoms with van der Waals surface area (Å²) in [6.45, 7) is 0.707. The smallest absolute Gasteiger partial charge is 0.190 e. The average Bonchev–Trinajstić information content (AvgIpc) is 2.83. The number of anilines is 1. The zero-order chi connectivity index (χ0) is 22.3. The largest absolute Gasteiger partial charge is 0.493 e. The topological polar surface area (TPSA) is 56.3 Å². The molecule has 0 spiro atoms. The summed E-state index contributed by atoms with van der Waals surface area (Å²) in [4.78, 5) is 9.43. The van der Waals surface area contributed by atoms with Gasteiger partial charge in [0.15, 0.2) is 16.7 Å². The first-order chi connectivity index (χ1) is 15.7. The van der Waals surface area contributed by atoms with Crippen LogP contribution in [0.2, 0.25) is 0 Å². The predicted molar refractivity (Wildman–Crippen MR) is 127 cm³/mol. The summed E-state index contributed by atoms with van der Waals surface area (Å²) in [5, 5.41) is 5.12. The van der Waals surface area contributed by atoms with E-state index in [-0.39, 0.29) is 5.82 Å². The van der Waals surface area contributed by atoms with Crippen LogP contribution in [0.25, 0.3) is 10.9 Å². The van der Waals surface area contributed by atoms with E-state index >= 15 is 0 Å². The quantitative estimate of drug-likeness (QED) is 0.260. The van der Waals surface area contributed by atoms with Gasteiger partial charge in [-0.3, -0.25) is 0 Å². The van der Waals surface area contributed by atoms with E-state index in [2.05, 4.69) is 10.3 Å². The molecule has 4 rings (SSSR count). The second-order valence-electron chi connectivity index (χ2n) is 7.15. The Morgan fingerprint density at radius 3 is 2.41 bits per heavy atom. The van der Waals surface area contributed by atoms with Gasteiger partial charge in [0, 0.05) is 17.7 Å². The fourth-order valence-electron chi connectivity index (χ4n) is 3.34. The summed E-state index contributed by atoms with van der Waals surface area (Å²) < 4.78 is 23.8. The number of nitrogens with one attached hydrogen (secondary N) is 1. The van der Waals surface area contributed by atoms with E-state index in [4.69, 9.17) is 14.5 Å². The molecule has 0 atom stereocenters. The molecule has 5 nitrogen and oxygen atoms in total. The molecular formula is C25H24FN3O2S. The molecule has 3 aromatic carbocycles. The van der Waals surface area contributed by atoms with Gasteiger partial charge in [-0.15, -0.1) is 0 Å². The summed E-state index contributed by atoms with van der Waals surface area (Å²) in [5.74, 6) is 2.68. The average molecular weight is 450 g/mol. The molecule has 0 radical (unpaired) electrons. The van der Waals surface area contributed by atoms with E-state index in [9.17, 15) is 4.39 Å². The van der Waals surface area contributed by atoms with E-state index in [1.54, 1.807) is 26.4 Å². The first-order valence-electron chi connectivity index (χ1n) is 10.2. The molecule has 164 valence electrons. The van der Waals surface area contributed by atoms with Crippen LogP contribution in [0.5, 0.6) is 11.5 Å². The number of hydrogen-bond donors (Lipinski definition) is 1. The molecular weight excluding hydrogens is 425 g/mol. The number of benzene rings is 3. The highest BCUT2D eigenvalue weighted by molar-refractivity contribution is 7.98. The highest BCUT2D eigenvalue weighted by Gasteiger charge is 2.09. The molecule has 0 saturated carbocycles. The number of ether oxygens (including phenoxy) is 2. The Bertz CT molecular complexity index is 1200. The summed E-state index contributed by atoms with van der Waals surface area (Å²) in [6.07, 6.45) is 0.802. The number of hydrogen-bond acceptors (Lipinski definition) is 6. The van der Waals surface area contributed by atoms with Crippen molar-refractivity contribution in [3.63, 3.8) is 0 Å². The molecule has 1 N–H and O–H groups in total. The maximum atomic E-state index is 13.1. The molecule has 0 aliphatic rings. The number of nitrogens with zero attached hydrogens (tertiary/aromatic N) is 2. The van der Waals surface area contributed by atoms with Gasteiger partial charge in [-0.2, -0.15) is 0 Å². The minimum atomic E-state index is -0.235. The van der Waals surface area contributed by atoms with Crippen molar-refractivity contribution in [3.05, 3.63) is 83.7 Å². The fourth-order valence-corrected chi connectivity index (χ4v) is 4.15. The van der Waals surface area contributed by atoms with Crippen molar-refractivity contribution in [3.8, 4) is 11.5 Å². The third-order valence-corrected chi connectivity index (χ3v) is 5.94. The molecule has 0 bridgehead atoms. The lowest BCUT2D eigenvalue weighted by molar-refractivity contribution is 0.354. The second-order valence-corrected chi connectivity index (χ2v) is 8.10. The van der Waals surface area contributed by atoms with Gasteiger partial charge < -0.3 is 14.8 Å². The van der Waals surface area contributed by atoms with Crippen LogP contribution in [0.15, 0.2) is 71.9 Å². The number of fused-ring (bicyclic) bond motifs is 1. The standard InChI is InChI=1S/C25H24FN3O2S/c1-30-22-12-9-17(15-23(22)31-2)13-14-27-24-20-5-3-4-6-21(20)28-25(29-24)32-16-18-7-10-19(26)11-8-18/h3-12,15H,13-14,16H2,1-2H3,(H,27,28,29). The maximum Gasteiger partial charge on any atom is 0.190 e. The van der Waals surface area contributed by atoms with Crippen LogP contribution in [0.1, 0.15) is 11.1 Å². The molecule has 7 heteroatoms. The third kappa shape index (κ3) is 5.29. The molecule has 32 heavy (non-hydrogen) atoms. The second kappa shape index (κ2) is 10.3. The molecule has 0 unspecified atom stereocenters. The third-order valence-electron chi connectivity index (χ3n) is 5.02. The Kier molecular flexibility index (Phi) is 7.07. The number of thioether (sulfide) groups is 1. The van der Waals surface area contributed by atoms with E-state index < -0.39 is 0 Å². The lowest BCUT2D eigenvalue weighted by atomic mass is 10.1. The molecule has 0 aliphatic heterocycles. The SMILES string of the molecule is COc1ccc(CCNc2nc(SCc3ccc(F)cc3)nc3ccccc23)cc1OC. The van der Waals surface area contributed by atoms with E-state index in [1.165, 1.54) is 23.9 Å². The fraction of sp³-hybridized carbons (Fsp3) is 0.200. The van der Waals surface area contributed by atoms with Gasteiger partial charge in [0.05, 0.1) is 19.7 Å². The Labute approximate surface area is 191 Å². The number of rotatable bonds is 9. The van der Waals surface area contributed by atoms with Crippen molar-refractivity contribution in [2.24, 2.45) is 0 Å². The highest BCUT2D eigenvalue weighted by atomic mass is 32.2. The summed E-state index contributed by atoms with van der Waals surface area (Å²) in [5.41, 5.74) is 3.05. The van der Waals surface area contributed by atoms with Gasteiger partial charge >= 0.3 is 0 Å². The zero-order valence-corrected chi connectivity index (χ0v) is 18.8. The molecule has 0 amide bonds. The highest BCUT2D eigenvalue weighted by Crippen LogP contribution is 2.29. The lowest BCUT2D eigenvalue weighted by Crippen LogP contribution is -2.08. The number of methoxy groups -OCH3 is 2. The summed E-state index contributed by atoms with van der Waals surface area (Å²) in [6, 6.07) is 20.4. The molecule has 1 aromatic heterocycles. The Balaban J connectivity index is 1.48. The van der Waals surface area contributed by atoms with E-state index in [1.807, 2.05) is 42.5 Å². The number of aromatic nitrogens is 2.